The zero-order chi connectivity index (χ0) is 60.0. The summed E-state index contributed by atoms with van der Waals surface area (Å²) in [7, 11) is 1.17. The first-order chi connectivity index (χ1) is 39.9. The van der Waals surface area contributed by atoms with Gasteiger partial charge in [0.15, 0.2) is 0 Å². The fourth-order valence-corrected chi connectivity index (χ4v) is 10.5. The molecule has 3 atom stereocenters. The summed E-state index contributed by atoms with van der Waals surface area (Å²) in [5.41, 5.74) is 0. The summed E-state index contributed by atoms with van der Waals surface area (Å²) >= 11 is 0. The zero-order valence-electron chi connectivity index (χ0n) is 54.4. The molecule has 82 heavy (non-hydrogen) atoms. The average Bonchev–Trinajstić information content (AvgIpc) is 3.44. The Hall–Kier alpha value is -2.81. The molecule has 10 heteroatoms. The highest BCUT2D eigenvalue weighted by Gasteiger charge is 2.27. The van der Waals surface area contributed by atoms with Gasteiger partial charge in [0.05, 0.1) is 33.8 Å². The van der Waals surface area contributed by atoms with E-state index >= 15 is 0 Å². The molecular weight excluding hydrogens is 1040 g/mol. The summed E-state index contributed by atoms with van der Waals surface area (Å²) in [6, 6.07) is -0.906. The zero-order valence-corrected chi connectivity index (χ0v) is 55.3. The second kappa shape index (κ2) is 61.3. The summed E-state index contributed by atoms with van der Waals surface area (Å²) in [5, 5.41) is 3.03. The number of nitrogens with zero attached hydrogens (tertiary/aromatic N) is 1. The van der Waals surface area contributed by atoms with Gasteiger partial charge < -0.3 is 28.5 Å². The van der Waals surface area contributed by atoms with Crippen LogP contribution in [0.1, 0.15) is 310 Å². The van der Waals surface area contributed by atoms with E-state index in [0.717, 1.165) is 89.9 Å². The van der Waals surface area contributed by atoms with Gasteiger partial charge in [-0.2, -0.15) is 0 Å². The second-order valence-electron chi connectivity index (χ2n) is 24.3. The van der Waals surface area contributed by atoms with Crippen LogP contribution >= 0.6 is 7.82 Å². The van der Waals surface area contributed by atoms with Crippen molar-refractivity contribution < 1.29 is 37.3 Å². The Bertz CT molecular complexity index is 1680. The molecule has 0 spiro atoms. The maximum absolute atomic E-state index is 13.6. The predicted molar refractivity (Wildman–Crippen MR) is 353 cm³/mol. The van der Waals surface area contributed by atoms with Crippen LogP contribution in [0.3, 0.4) is 0 Å². The fourth-order valence-electron chi connectivity index (χ4n) is 9.78. The van der Waals surface area contributed by atoms with Crippen LogP contribution in [0.25, 0.3) is 0 Å². The van der Waals surface area contributed by atoms with E-state index in [4.69, 9.17) is 13.8 Å². The van der Waals surface area contributed by atoms with Crippen LogP contribution in [0.2, 0.25) is 0 Å². The number of amides is 1. The van der Waals surface area contributed by atoms with Gasteiger partial charge in [-0.3, -0.25) is 14.2 Å². The van der Waals surface area contributed by atoms with Gasteiger partial charge >= 0.3 is 5.97 Å². The number of esters is 1. The smallest absolute Gasteiger partial charge is 0.306 e. The number of phosphoric acid groups is 1. The van der Waals surface area contributed by atoms with E-state index in [1.165, 1.54) is 180 Å². The summed E-state index contributed by atoms with van der Waals surface area (Å²) in [6.45, 7) is 6.73. The first-order valence-corrected chi connectivity index (χ1v) is 35.9. The SMILES string of the molecule is CC/C=C\C/C=C\C/C=C\C/C=C\C/C=C\CCCCCC(=O)OC(/C=C\CCCCCCCCCCCC)C(COP(=O)([O-])OCC[N+](C)(C)C)NC(=O)CCCCCCCCCCCCCCCCC/C=C/CCCCCCCC. The van der Waals surface area contributed by atoms with Crippen molar-refractivity contribution in [2.24, 2.45) is 0 Å². The number of allylic oxidation sites excluding steroid dienone is 13. The van der Waals surface area contributed by atoms with Crippen molar-refractivity contribution >= 4 is 19.7 Å². The molecule has 0 heterocycles. The Morgan fingerprint density at radius 2 is 0.780 bits per heavy atom. The number of hydrogen-bond donors (Lipinski definition) is 1. The third kappa shape index (κ3) is 61.7. The number of ether oxygens (including phenoxy) is 1. The Morgan fingerprint density at radius 1 is 0.439 bits per heavy atom. The van der Waals surface area contributed by atoms with E-state index in [1.54, 1.807) is 0 Å². The molecule has 0 aliphatic rings. The summed E-state index contributed by atoms with van der Waals surface area (Å²) in [5.74, 6) is -0.573. The molecule has 0 rings (SSSR count). The third-order valence-electron chi connectivity index (χ3n) is 15.1. The molecule has 0 saturated heterocycles. The molecule has 0 radical (unpaired) electrons. The number of hydrogen-bond acceptors (Lipinski definition) is 7. The molecule has 9 nitrogen and oxygen atoms in total. The molecule has 0 aromatic rings. The molecular formula is C72H131N2O7P. The van der Waals surface area contributed by atoms with Gasteiger partial charge in [-0.25, -0.2) is 0 Å². The molecule has 1 amide bonds. The van der Waals surface area contributed by atoms with Gasteiger partial charge in [-0.15, -0.1) is 0 Å². The van der Waals surface area contributed by atoms with Gasteiger partial charge in [0.1, 0.15) is 19.3 Å². The van der Waals surface area contributed by atoms with Crippen LogP contribution in [-0.2, 0) is 27.9 Å². The quantitative estimate of drug-likeness (QED) is 0.0212. The Kier molecular flexibility index (Phi) is 59.2. The van der Waals surface area contributed by atoms with Crippen molar-refractivity contribution in [1.82, 2.24) is 5.32 Å². The first-order valence-electron chi connectivity index (χ1n) is 34.4. The summed E-state index contributed by atoms with van der Waals surface area (Å²) < 4.78 is 30.4. The normalized spacial score (nSPS) is 14.1. The lowest BCUT2D eigenvalue weighted by atomic mass is 10.0. The maximum atomic E-state index is 13.6. The monoisotopic (exact) mass is 1170 g/mol. The third-order valence-corrected chi connectivity index (χ3v) is 16.0. The van der Waals surface area contributed by atoms with Crippen LogP contribution in [0.5, 0.6) is 0 Å². The lowest BCUT2D eigenvalue weighted by molar-refractivity contribution is -0.870. The van der Waals surface area contributed by atoms with Crippen molar-refractivity contribution in [3.8, 4) is 0 Å². The molecule has 3 unspecified atom stereocenters. The topological polar surface area (TPSA) is 114 Å². The van der Waals surface area contributed by atoms with Gasteiger partial charge in [0.2, 0.25) is 5.91 Å². The Balaban J connectivity index is 5.13. The standard InChI is InChI=1S/C72H131N2O7P/c1-7-10-13-16-19-22-25-28-30-32-34-35-36-37-38-39-41-42-44-46-49-52-55-58-61-64-71(75)73-69(68-80-82(77,78)79-67-66-74(4,5)6)70(63-60-57-54-51-48-27-24-21-18-15-12-9-3)81-72(76)65-62-59-56-53-50-47-45-43-40-33-31-29-26-23-20-17-14-11-8-2/h11,14,20,23,28-31,40,43,47,50,60,63,69-70H,7-10,12-13,15-19,21-22,24-27,32-39,41-42,44-46,48-49,51-59,61-62,64-68H2,1-6H3,(H-,73,75,77,78)/b14-11-,23-20-,30-28+,31-29-,43-40-,50-47-,63-60-. The number of carbonyl (C=O) groups is 2. The fraction of sp³-hybridized carbons (Fsp3) is 0.778. The number of carbonyl (C=O) groups excluding carboxylic acids is 2. The van der Waals surface area contributed by atoms with Crippen molar-refractivity contribution in [3.05, 3.63) is 85.1 Å². The highest BCUT2D eigenvalue weighted by Crippen LogP contribution is 2.38. The molecule has 0 aromatic heterocycles. The lowest BCUT2D eigenvalue weighted by Gasteiger charge is -2.30. The van der Waals surface area contributed by atoms with E-state index < -0.39 is 26.6 Å². The largest absolute Gasteiger partial charge is 0.756 e. The molecule has 0 fully saturated rings. The molecule has 0 aliphatic carbocycles. The number of phosphoric ester groups is 1. The Morgan fingerprint density at radius 3 is 1.20 bits per heavy atom. The molecule has 0 aliphatic heterocycles. The minimum atomic E-state index is -4.71. The van der Waals surface area contributed by atoms with Crippen molar-refractivity contribution in [2.45, 2.75) is 322 Å². The first kappa shape index (κ1) is 79.2. The van der Waals surface area contributed by atoms with Crippen LogP contribution in [0.4, 0.5) is 0 Å². The van der Waals surface area contributed by atoms with Gasteiger partial charge in [0.25, 0.3) is 7.82 Å². The lowest BCUT2D eigenvalue weighted by Crippen LogP contribution is -2.47. The van der Waals surface area contributed by atoms with Crippen LogP contribution in [0, 0.1) is 0 Å². The summed E-state index contributed by atoms with van der Waals surface area (Å²) in [6.07, 6.45) is 81.4. The van der Waals surface area contributed by atoms with E-state index in [1.807, 2.05) is 33.3 Å². The van der Waals surface area contributed by atoms with E-state index in [0.29, 0.717) is 23.9 Å². The molecule has 476 valence electrons. The molecule has 0 saturated carbocycles. The minimum Gasteiger partial charge on any atom is -0.756 e. The second-order valence-corrected chi connectivity index (χ2v) is 25.7. The highest BCUT2D eigenvalue weighted by molar-refractivity contribution is 7.45. The molecule has 1 N–H and O–H groups in total. The summed E-state index contributed by atoms with van der Waals surface area (Å²) in [4.78, 5) is 40.1. The predicted octanol–water partition coefficient (Wildman–Crippen LogP) is 21.1. The van der Waals surface area contributed by atoms with Crippen LogP contribution in [-0.4, -0.2) is 69.4 Å². The van der Waals surface area contributed by atoms with Crippen molar-refractivity contribution in [3.63, 3.8) is 0 Å². The van der Waals surface area contributed by atoms with Gasteiger partial charge in [-0.1, -0.05) is 280 Å². The van der Waals surface area contributed by atoms with Crippen LogP contribution < -0.4 is 10.2 Å². The number of unbranched alkanes of at least 4 members (excludes halogenated alkanes) is 34. The highest BCUT2D eigenvalue weighted by atomic mass is 31.2. The average molecular weight is 1170 g/mol. The number of rotatable bonds is 62. The van der Waals surface area contributed by atoms with E-state index in [-0.39, 0.29) is 24.9 Å². The number of nitrogens with one attached hydrogen (secondary N) is 1. The van der Waals surface area contributed by atoms with E-state index in [2.05, 4.69) is 99.0 Å². The molecule has 0 bridgehead atoms. The van der Waals surface area contributed by atoms with Gasteiger partial charge in [-0.05, 0) is 102 Å². The van der Waals surface area contributed by atoms with E-state index in [9.17, 15) is 19.0 Å². The number of likely N-dealkylation sites (N-methyl/N-ethyl adjacent to an activating group) is 1. The minimum absolute atomic E-state index is 0.0301. The van der Waals surface area contributed by atoms with Crippen LogP contribution in [0.15, 0.2) is 85.1 Å². The maximum Gasteiger partial charge on any atom is 0.306 e. The Labute approximate surface area is 507 Å². The van der Waals surface area contributed by atoms with Gasteiger partial charge in [0, 0.05) is 12.8 Å². The van der Waals surface area contributed by atoms with Crippen molar-refractivity contribution in [2.75, 3.05) is 40.9 Å². The van der Waals surface area contributed by atoms with Crippen molar-refractivity contribution in [1.29, 1.82) is 0 Å². The number of quaternary nitrogens is 1. The molecule has 0 aromatic carbocycles.